The van der Waals surface area contributed by atoms with E-state index in [2.05, 4.69) is 21.9 Å². The Morgan fingerprint density at radius 2 is 1.94 bits per heavy atom. The van der Waals surface area contributed by atoms with Gasteiger partial charge in [-0.15, -0.1) is 0 Å². The fourth-order valence-electron chi connectivity index (χ4n) is 2.35. The first-order chi connectivity index (χ1) is 7.66. The lowest BCUT2D eigenvalue weighted by molar-refractivity contribution is 0.426. The molecule has 0 amide bonds. The highest BCUT2D eigenvalue weighted by atomic mass is 35.5. The zero-order valence-electron chi connectivity index (χ0n) is 9.91. The van der Waals surface area contributed by atoms with Gasteiger partial charge in [-0.25, -0.2) is 9.97 Å². The first-order valence-electron chi connectivity index (χ1n) is 5.91. The Bertz CT molecular complexity index is 341. The van der Waals surface area contributed by atoms with Crippen molar-refractivity contribution in [1.82, 2.24) is 9.97 Å². The maximum absolute atomic E-state index is 5.96. The van der Waals surface area contributed by atoms with E-state index in [-0.39, 0.29) is 0 Å². The fraction of sp³-hybridized carbons (Fsp3) is 0.667. The molecule has 1 aromatic rings. The first-order valence-corrected chi connectivity index (χ1v) is 6.28. The van der Waals surface area contributed by atoms with Crippen molar-refractivity contribution in [1.29, 1.82) is 0 Å². The van der Waals surface area contributed by atoms with Crippen molar-refractivity contribution in [3.63, 3.8) is 0 Å². The van der Waals surface area contributed by atoms with Gasteiger partial charge in [0.15, 0.2) is 0 Å². The van der Waals surface area contributed by atoms with Crippen molar-refractivity contribution in [2.24, 2.45) is 0 Å². The van der Waals surface area contributed by atoms with Gasteiger partial charge in [0.05, 0.1) is 0 Å². The molecule has 0 aliphatic heterocycles. The fourth-order valence-corrected chi connectivity index (χ4v) is 2.57. The van der Waals surface area contributed by atoms with Crippen LogP contribution >= 0.6 is 11.6 Å². The van der Waals surface area contributed by atoms with Gasteiger partial charge in [0.2, 0.25) is 0 Å². The number of aryl methyl sites for hydroxylation is 1. The summed E-state index contributed by atoms with van der Waals surface area (Å²) in [4.78, 5) is 10.8. The SMILES string of the molecule is Cc1nc(Cl)cc(N(C)C2CCCCC2)n1. The Morgan fingerprint density at radius 1 is 1.25 bits per heavy atom. The summed E-state index contributed by atoms with van der Waals surface area (Å²) in [6.45, 7) is 1.88. The van der Waals surface area contributed by atoms with Crippen LogP contribution in [0.5, 0.6) is 0 Å². The van der Waals surface area contributed by atoms with Crippen LogP contribution in [0.15, 0.2) is 6.07 Å². The van der Waals surface area contributed by atoms with Crippen molar-refractivity contribution in [3.05, 3.63) is 17.0 Å². The molecule has 0 aromatic carbocycles. The normalized spacial score (nSPS) is 17.4. The summed E-state index contributed by atoms with van der Waals surface area (Å²) < 4.78 is 0. The predicted octanol–water partition coefficient (Wildman–Crippen LogP) is 3.21. The summed E-state index contributed by atoms with van der Waals surface area (Å²) >= 11 is 5.96. The highest BCUT2D eigenvalue weighted by Gasteiger charge is 2.19. The van der Waals surface area contributed by atoms with Crippen molar-refractivity contribution < 1.29 is 0 Å². The van der Waals surface area contributed by atoms with Gasteiger partial charge in [0, 0.05) is 19.2 Å². The van der Waals surface area contributed by atoms with Crippen molar-refractivity contribution in [3.8, 4) is 0 Å². The number of nitrogens with zero attached hydrogens (tertiary/aromatic N) is 3. The van der Waals surface area contributed by atoms with Gasteiger partial charge in [-0.2, -0.15) is 0 Å². The molecule has 1 fully saturated rings. The van der Waals surface area contributed by atoms with E-state index in [4.69, 9.17) is 11.6 Å². The second-order valence-corrected chi connectivity index (χ2v) is 4.89. The molecule has 4 heteroatoms. The standard InChI is InChI=1S/C12H18ClN3/c1-9-14-11(13)8-12(15-9)16(2)10-6-4-3-5-7-10/h8,10H,3-7H2,1-2H3. The summed E-state index contributed by atoms with van der Waals surface area (Å²) in [5, 5.41) is 0.533. The maximum Gasteiger partial charge on any atom is 0.134 e. The highest BCUT2D eigenvalue weighted by molar-refractivity contribution is 6.29. The summed E-state index contributed by atoms with van der Waals surface area (Å²) in [5.41, 5.74) is 0. The van der Waals surface area contributed by atoms with Crippen LogP contribution in [0.1, 0.15) is 37.9 Å². The van der Waals surface area contributed by atoms with Gasteiger partial charge in [0.25, 0.3) is 0 Å². The molecule has 0 bridgehead atoms. The van der Waals surface area contributed by atoms with Gasteiger partial charge in [0.1, 0.15) is 16.8 Å². The largest absolute Gasteiger partial charge is 0.357 e. The van der Waals surface area contributed by atoms with E-state index in [9.17, 15) is 0 Å². The maximum atomic E-state index is 5.96. The van der Waals surface area contributed by atoms with E-state index in [0.29, 0.717) is 11.2 Å². The van der Waals surface area contributed by atoms with Crippen LogP contribution in [0.4, 0.5) is 5.82 Å². The van der Waals surface area contributed by atoms with Crippen LogP contribution in [0, 0.1) is 6.92 Å². The zero-order valence-corrected chi connectivity index (χ0v) is 10.7. The Hall–Kier alpha value is -0.830. The minimum absolute atomic E-state index is 0.533. The minimum atomic E-state index is 0.533. The molecule has 3 nitrogen and oxygen atoms in total. The molecule has 0 atom stereocenters. The third-order valence-electron chi connectivity index (χ3n) is 3.28. The third-order valence-corrected chi connectivity index (χ3v) is 3.47. The molecule has 1 aliphatic rings. The van der Waals surface area contributed by atoms with Gasteiger partial charge in [-0.05, 0) is 19.8 Å². The van der Waals surface area contributed by atoms with Crippen LogP contribution in [-0.4, -0.2) is 23.1 Å². The lowest BCUT2D eigenvalue weighted by atomic mass is 9.94. The lowest BCUT2D eigenvalue weighted by Crippen LogP contribution is -2.34. The molecule has 1 saturated carbocycles. The van der Waals surface area contributed by atoms with Gasteiger partial charge >= 0.3 is 0 Å². The molecular weight excluding hydrogens is 222 g/mol. The monoisotopic (exact) mass is 239 g/mol. The molecule has 1 heterocycles. The van der Waals surface area contributed by atoms with Crippen LogP contribution in [0.25, 0.3) is 0 Å². The Labute approximate surface area is 102 Å². The second-order valence-electron chi connectivity index (χ2n) is 4.50. The third kappa shape index (κ3) is 2.64. The van der Waals surface area contributed by atoms with Crippen LogP contribution in [0.3, 0.4) is 0 Å². The average Bonchev–Trinajstić information content (AvgIpc) is 2.28. The highest BCUT2D eigenvalue weighted by Crippen LogP contribution is 2.25. The lowest BCUT2D eigenvalue weighted by Gasteiger charge is -2.32. The van der Waals surface area contributed by atoms with Gasteiger partial charge in [-0.3, -0.25) is 0 Å². The number of anilines is 1. The molecule has 1 aliphatic carbocycles. The van der Waals surface area contributed by atoms with Crippen molar-refractivity contribution in [2.45, 2.75) is 45.1 Å². The number of rotatable bonds is 2. The smallest absolute Gasteiger partial charge is 0.134 e. The summed E-state index contributed by atoms with van der Waals surface area (Å²) in [7, 11) is 2.11. The molecule has 1 aromatic heterocycles. The number of halogens is 1. The van der Waals surface area contributed by atoms with Crippen molar-refractivity contribution >= 4 is 17.4 Å². The molecule has 88 valence electrons. The van der Waals surface area contributed by atoms with Crippen LogP contribution in [0.2, 0.25) is 5.15 Å². The zero-order chi connectivity index (χ0) is 11.5. The van der Waals surface area contributed by atoms with E-state index in [1.807, 2.05) is 13.0 Å². The Morgan fingerprint density at radius 3 is 2.56 bits per heavy atom. The summed E-state index contributed by atoms with van der Waals surface area (Å²) in [6, 6.07) is 2.46. The van der Waals surface area contributed by atoms with Crippen LogP contribution in [-0.2, 0) is 0 Å². The molecule has 0 unspecified atom stereocenters. The second kappa shape index (κ2) is 5.00. The van der Waals surface area contributed by atoms with E-state index in [1.165, 1.54) is 32.1 Å². The number of hydrogen-bond donors (Lipinski definition) is 0. The van der Waals surface area contributed by atoms with Crippen LogP contribution < -0.4 is 4.90 Å². The van der Waals surface area contributed by atoms with E-state index < -0.39 is 0 Å². The van der Waals surface area contributed by atoms with E-state index >= 15 is 0 Å². The molecule has 0 N–H and O–H groups in total. The molecular formula is C12H18ClN3. The average molecular weight is 240 g/mol. The first kappa shape index (κ1) is 11.6. The molecule has 0 saturated heterocycles. The van der Waals surface area contributed by atoms with Gasteiger partial charge < -0.3 is 4.90 Å². The Kier molecular flexibility index (Phi) is 3.64. The summed E-state index contributed by atoms with van der Waals surface area (Å²) in [5.74, 6) is 1.69. The predicted molar refractivity (Wildman–Crippen MR) is 67.1 cm³/mol. The number of aromatic nitrogens is 2. The Balaban J connectivity index is 2.15. The van der Waals surface area contributed by atoms with Crippen molar-refractivity contribution in [2.75, 3.05) is 11.9 Å². The molecule has 0 spiro atoms. The van der Waals surface area contributed by atoms with Gasteiger partial charge in [-0.1, -0.05) is 30.9 Å². The minimum Gasteiger partial charge on any atom is -0.357 e. The molecule has 16 heavy (non-hydrogen) atoms. The van der Waals surface area contributed by atoms with E-state index in [1.54, 1.807) is 0 Å². The van der Waals surface area contributed by atoms with E-state index in [0.717, 1.165) is 11.6 Å². The quantitative estimate of drug-likeness (QED) is 0.743. The summed E-state index contributed by atoms with van der Waals surface area (Å²) in [6.07, 6.45) is 6.54. The topological polar surface area (TPSA) is 29.0 Å². The number of hydrogen-bond acceptors (Lipinski definition) is 3. The molecule has 2 rings (SSSR count). The molecule has 0 radical (unpaired) electrons.